The fourth-order valence-corrected chi connectivity index (χ4v) is 2.07. The molecule has 4 nitrogen and oxygen atoms in total. The van der Waals surface area contributed by atoms with Gasteiger partial charge in [0.15, 0.2) is 0 Å². The van der Waals surface area contributed by atoms with Crippen molar-refractivity contribution in [1.82, 2.24) is 10.9 Å². The Bertz CT molecular complexity index is 366. The zero-order valence-electron chi connectivity index (χ0n) is 7.90. The van der Waals surface area contributed by atoms with Crippen molar-refractivity contribution in [3.63, 3.8) is 0 Å². The molecule has 0 bridgehead atoms. The van der Waals surface area contributed by atoms with E-state index in [0.29, 0.717) is 6.54 Å². The highest BCUT2D eigenvalue weighted by Gasteiger charge is 2.33. The number of benzene rings is 1. The number of carbonyl (C=O) groups is 1. The van der Waals surface area contributed by atoms with Gasteiger partial charge in [0.2, 0.25) is 0 Å². The van der Waals surface area contributed by atoms with Gasteiger partial charge in [0.1, 0.15) is 0 Å². The van der Waals surface area contributed by atoms with Crippen molar-refractivity contribution >= 4 is 28.6 Å². The Morgan fingerprint density at radius 2 is 2.07 bits per heavy atom. The molecule has 80 valence electrons. The number of halogens is 1. The standard InChI is InChI=1S/C10H11IN2O2/c11-7-3-1-6(2-4-7)9-8(10(14)15)5-12-13-9/h1-4,8-9,12-13H,5H2,(H,14,15). The lowest BCUT2D eigenvalue weighted by molar-refractivity contribution is -0.141. The van der Waals surface area contributed by atoms with Gasteiger partial charge in [-0.25, -0.2) is 5.43 Å². The zero-order valence-corrected chi connectivity index (χ0v) is 10.1. The monoisotopic (exact) mass is 318 g/mol. The predicted molar refractivity (Wildman–Crippen MR) is 64.2 cm³/mol. The predicted octanol–water partition coefficient (Wildman–Crippen LogP) is 1.14. The first-order chi connectivity index (χ1) is 7.18. The van der Waals surface area contributed by atoms with Crippen LogP contribution in [0.2, 0.25) is 0 Å². The van der Waals surface area contributed by atoms with Gasteiger partial charge < -0.3 is 5.11 Å². The van der Waals surface area contributed by atoms with Crippen molar-refractivity contribution in [2.24, 2.45) is 5.92 Å². The number of nitrogens with one attached hydrogen (secondary N) is 2. The Kier molecular flexibility index (Phi) is 3.22. The van der Waals surface area contributed by atoms with Crippen LogP contribution in [0.3, 0.4) is 0 Å². The molecule has 1 saturated heterocycles. The largest absolute Gasteiger partial charge is 0.481 e. The Morgan fingerprint density at radius 1 is 1.40 bits per heavy atom. The molecule has 1 heterocycles. The van der Waals surface area contributed by atoms with Crippen molar-refractivity contribution in [2.75, 3.05) is 6.54 Å². The van der Waals surface area contributed by atoms with Gasteiger partial charge in [-0.1, -0.05) is 12.1 Å². The summed E-state index contributed by atoms with van der Waals surface area (Å²) in [6.07, 6.45) is 0. The molecule has 1 aliphatic heterocycles. The maximum atomic E-state index is 11.0. The molecule has 0 aliphatic carbocycles. The van der Waals surface area contributed by atoms with Crippen LogP contribution < -0.4 is 10.9 Å². The molecule has 3 N–H and O–H groups in total. The highest BCUT2D eigenvalue weighted by molar-refractivity contribution is 14.1. The molecule has 0 aromatic heterocycles. The molecule has 1 aliphatic rings. The average Bonchev–Trinajstić information content (AvgIpc) is 2.67. The molecule has 0 radical (unpaired) electrons. The maximum Gasteiger partial charge on any atom is 0.309 e. The summed E-state index contributed by atoms with van der Waals surface area (Å²) in [4.78, 5) is 11.0. The molecular weight excluding hydrogens is 307 g/mol. The summed E-state index contributed by atoms with van der Waals surface area (Å²) in [5, 5.41) is 9.02. The molecule has 2 unspecified atom stereocenters. The van der Waals surface area contributed by atoms with E-state index in [1.54, 1.807) is 0 Å². The first-order valence-electron chi connectivity index (χ1n) is 4.65. The van der Waals surface area contributed by atoms with E-state index in [4.69, 9.17) is 5.11 Å². The summed E-state index contributed by atoms with van der Waals surface area (Å²) in [7, 11) is 0. The van der Waals surface area contributed by atoms with Crippen LogP contribution in [0.4, 0.5) is 0 Å². The van der Waals surface area contributed by atoms with Gasteiger partial charge in [0.25, 0.3) is 0 Å². The third-order valence-corrected chi connectivity index (χ3v) is 3.25. The second-order valence-corrected chi connectivity index (χ2v) is 4.74. The molecule has 2 atom stereocenters. The third-order valence-electron chi connectivity index (χ3n) is 2.53. The van der Waals surface area contributed by atoms with Crippen LogP contribution in [0, 0.1) is 9.49 Å². The molecule has 0 saturated carbocycles. The van der Waals surface area contributed by atoms with Crippen LogP contribution >= 0.6 is 22.6 Å². The summed E-state index contributed by atoms with van der Waals surface area (Å²) < 4.78 is 1.15. The second-order valence-electron chi connectivity index (χ2n) is 3.50. The first-order valence-corrected chi connectivity index (χ1v) is 5.73. The topological polar surface area (TPSA) is 61.4 Å². The van der Waals surface area contributed by atoms with Crippen LogP contribution in [0.5, 0.6) is 0 Å². The molecule has 5 heteroatoms. The minimum atomic E-state index is -0.768. The SMILES string of the molecule is O=C(O)C1CNNC1c1ccc(I)cc1. The van der Waals surface area contributed by atoms with E-state index in [0.717, 1.165) is 9.13 Å². The molecule has 1 aromatic carbocycles. The van der Waals surface area contributed by atoms with Gasteiger partial charge in [0, 0.05) is 10.1 Å². The number of carboxylic acid groups (broad SMARTS) is 1. The summed E-state index contributed by atoms with van der Waals surface area (Å²) in [6, 6.07) is 7.74. The van der Waals surface area contributed by atoms with Crippen molar-refractivity contribution in [3.8, 4) is 0 Å². The lowest BCUT2D eigenvalue weighted by Gasteiger charge is -2.14. The zero-order chi connectivity index (χ0) is 10.8. The molecule has 0 amide bonds. The fraction of sp³-hybridized carbons (Fsp3) is 0.300. The Hall–Kier alpha value is -0.660. The number of carboxylic acids is 1. The van der Waals surface area contributed by atoms with Crippen LogP contribution in [0.25, 0.3) is 0 Å². The van der Waals surface area contributed by atoms with Gasteiger partial charge in [-0.05, 0) is 40.3 Å². The van der Waals surface area contributed by atoms with Crippen molar-refractivity contribution in [3.05, 3.63) is 33.4 Å². The maximum absolute atomic E-state index is 11.0. The minimum absolute atomic E-state index is 0.139. The quantitative estimate of drug-likeness (QED) is 0.716. The molecule has 1 aromatic rings. The van der Waals surface area contributed by atoms with E-state index < -0.39 is 11.9 Å². The molecule has 0 spiro atoms. The van der Waals surface area contributed by atoms with Gasteiger partial charge in [-0.3, -0.25) is 10.2 Å². The van der Waals surface area contributed by atoms with Crippen LogP contribution in [-0.4, -0.2) is 17.6 Å². The van der Waals surface area contributed by atoms with E-state index in [9.17, 15) is 4.79 Å². The van der Waals surface area contributed by atoms with Crippen molar-refractivity contribution in [1.29, 1.82) is 0 Å². The van der Waals surface area contributed by atoms with Crippen molar-refractivity contribution in [2.45, 2.75) is 6.04 Å². The van der Waals surface area contributed by atoms with Crippen molar-refractivity contribution < 1.29 is 9.90 Å². The average molecular weight is 318 g/mol. The van der Waals surface area contributed by atoms with E-state index >= 15 is 0 Å². The van der Waals surface area contributed by atoms with Gasteiger partial charge in [-0.2, -0.15) is 0 Å². The van der Waals surface area contributed by atoms with E-state index in [1.165, 1.54) is 0 Å². The molecule has 1 fully saturated rings. The highest BCUT2D eigenvalue weighted by atomic mass is 127. The van der Waals surface area contributed by atoms with Gasteiger partial charge >= 0.3 is 5.97 Å². The summed E-state index contributed by atoms with van der Waals surface area (Å²) in [5.41, 5.74) is 6.88. The fourth-order valence-electron chi connectivity index (χ4n) is 1.71. The number of hydrazine groups is 1. The van der Waals surface area contributed by atoms with Gasteiger partial charge in [0.05, 0.1) is 12.0 Å². The van der Waals surface area contributed by atoms with E-state index in [2.05, 4.69) is 33.4 Å². The first kappa shape index (κ1) is 10.8. The van der Waals surface area contributed by atoms with Crippen LogP contribution in [0.1, 0.15) is 11.6 Å². The number of hydrogen-bond donors (Lipinski definition) is 3. The molecule has 15 heavy (non-hydrogen) atoms. The van der Waals surface area contributed by atoms with Crippen LogP contribution in [-0.2, 0) is 4.79 Å². The van der Waals surface area contributed by atoms with Crippen LogP contribution in [0.15, 0.2) is 24.3 Å². The van der Waals surface area contributed by atoms with Gasteiger partial charge in [-0.15, -0.1) is 0 Å². The smallest absolute Gasteiger partial charge is 0.309 e. The number of hydrogen-bond acceptors (Lipinski definition) is 3. The molecule has 2 rings (SSSR count). The molecular formula is C10H11IN2O2. The Balaban J connectivity index is 2.22. The summed E-state index contributed by atoms with van der Waals surface area (Å²) in [6.45, 7) is 0.464. The van der Waals surface area contributed by atoms with E-state index in [1.807, 2.05) is 24.3 Å². The number of aliphatic carboxylic acids is 1. The second kappa shape index (κ2) is 4.46. The Labute approximate surface area is 101 Å². The summed E-state index contributed by atoms with van der Waals surface area (Å²) >= 11 is 2.23. The number of rotatable bonds is 2. The third kappa shape index (κ3) is 2.30. The van der Waals surface area contributed by atoms with E-state index in [-0.39, 0.29) is 6.04 Å². The Morgan fingerprint density at radius 3 is 2.67 bits per heavy atom. The highest BCUT2D eigenvalue weighted by Crippen LogP contribution is 2.25. The lowest BCUT2D eigenvalue weighted by atomic mass is 9.95. The summed E-state index contributed by atoms with van der Waals surface area (Å²) in [5.74, 6) is -1.17. The normalized spacial score (nSPS) is 25.4. The minimum Gasteiger partial charge on any atom is -0.481 e. The lowest BCUT2D eigenvalue weighted by Crippen LogP contribution is -2.26.